The van der Waals surface area contributed by atoms with Crippen LogP contribution in [0.1, 0.15) is 13.3 Å². The first-order chi connectivity index (χ1) is 11.2. The summed E-state index contributed by atoms with van der Waals surface area (Å²) in [5.41, 5.74) is 5.38. The molecular weight excluding hydrogens is 340 g/mol. The van der Waals surface area contributed by atoms with E-state index in [0.717, 1.165) is 0 Å². The van der Waals surface area contributed by atoms with E-state index >= 15 is 0 Å². The summed E-state index contributed by atoms with van der Waals surface area (Å²) in [5, 5.41) is 24.9. The lowest BCUT2D eigenvalue weighted by Gasteiger charge is -2.15. The molecule has 0 aliphatic heterocycles. The molecule has 0 heterocycles. The van der Waals surface area contributed by atoms with E-state index in [1.807, 2.05) is 6.26 Å². The van der Waals surface area contributed by atoms with Crippen LogP contribution in [0.4, 0.5) is 0 Å². The van der Waals surface area contributed by atoms with Gasteiger partial charge in [0.05, 0.1) is 19.2 Å². The number of rotatable bonds is 11. The number of carbonyl (C=O) groups is 4. The Bertz CT molecular complexity index is 460. The molecule has 3 amide bonds. The second-order valence-electron chi connectivity index (χ2n) is 5.00. The molecule has 0 unspecified atom stereocenters. The maximum Gasteiger partial charge on any atom is 0.326 e. The number of thioether (sulfide) groups is 1. The minimum absolute atomic E-state index is 0.267. The molecule has 0 aliphatic carbocycles. The summed E-state index contributed by atoms with van der Waals surface area (Å²) in [4.78, 5) is 45.5. The molecule has 11 heteroatoms. The van der Waals surface area contributed by atoms with Crippen LogP contribution in [-0.2, 0) is 19.2 Å². The van der Waals surface area contributed by atoms with Crippen LogP contribution in [0, 0.1) is 0 Å². The Hall–Kier alpha value is -1.85. The van der Waals surface area contributed by atoms with Crippen molar-refractivity contribution in [1.29, 1.82) is 0 Å². The fraction of sp³-hybridized carbons (Fsp3) is 0.692. The first-order valence-corrected chi connectivity index (χ1v) is 8.57. The Morgan fingerprint density at radius 3 is 2.21 bits per heavy atom. The number of amides is 3. The highest BCUT2D eigenvalue weighted by atomic mass is 32.2. The van der Waals surface area contributed by atoms with Gasteiger partial charge in [0.2, 0.25) is 17.7 Å². The van der Waals surface area contributed by atoms with Crippen molar-refractivity contribution in [2.75, 3.05) is 25.1 Å². The van der Waals surface area contributed by atoms with E-state index in [0.29, 0.717) is 5.75 Å². The van der Waals surface area contributed by atoms with E-state index in [-0.39, 0.29) is 6.42 Å². The lowest BCUT2D eigenvalue weighted by Crippen LogP contribution is -2.50. The number of hydrogen-bond acceptors (Lipinski definition) is 7. The highest BCUT2D eigenvalue weighted by molar-refractivity contribution is 7.98. The highest BCUT2D eigenvalue weighted by Crippen LogP contribution is 2.00. The van der Waals surface area contributed by atoms with E-state index in [4.69, 9.17) is 15.9 Å². The molecular formula is C13H24N4O6S. The molecule has 0 saturated carbocycles. The molecule has 7 N–H and O–H groups in total. The zero-order chi connectivity index (χ0) is 18.7. The Kier molecular flexibility index (Phi) is 10.8. The molecule has 0 radical (unpaired) electrons. The van der Waals surface area contributed by atoms with Crippen molar-refractivity contribution < 1.29 is 29.4 Å². The highest BCUT2D eigenvalue weighted by Gasteiger charge is 2.21. The maximum atomic E-state index is 11.6. The zero-order valence-corrected chi connectivity index (χ0v) is 14.4. The molecule has 0 aromatic rings. The quantitative estimate of drug-likeness (QED) is 0.229. The van der Waals surface area contributed by atoms with Crippen molar-refractivity contribution in [1.82, 2.24) is 16.0 Å². The summed E-state index contributed by atoms with van der Waals surface area (Å²) < 4.78 is 0. The maximum absolute atomic E-state index is 11.6. The lowest BCUT2D eigenvalue weighted by molar-refractivity contribution is -0.141. The van der Waals surface area contributed by atoms with Crippen LogP contribution >= 0.6 is 11.8 Å². The summed E-state index contributed by atoms with van der Waals surface area (Å²) in [5.74, 6) is -2.58. The van der Waals surface area contributed by atoms with Gasteiger partial charge in [0.15, 0.2) is 0 Å². The van der Waals surface area contributed by atoms with E-state index in [1.165, 1.54) is 18.7 Å². The third-order valence-corrected chi connectivity index (χ3v) is 3.58. The fourth-order valence-corrected chi connectivity index (χ4v) is 1.96. The van der Waals surface area contributed by atoms with Crippen molar-refractivity contribution in [3.05, 3.63) is 0 Å². The monoisotopic (exact) mass is 364 g/mol. The number of carboxylic acid groups (broad SMARTS) is 1. The van der Waals surface area contributed by atoms with Crippen LogP contribution in [-0.4, -0.2) is 77.2 Å². The number of aliphatic carboxylic acids is 1. The van der Waals surface area contributed by atoms with E-state index in [1.54, 1.807) is 0 Å². The third kappa shape index (κ3) is 9.33. The van der Waals surface area contributed by atoms with E-state index in [2.05, 4.69) is 16.0 Å². The predicted octanol–water partition coefficient (Wildman–Crippen LogP) is -2.75. The van der Waals surface area contributed by atoms with Crippen molar-refractivity contribution in [3.63, 3.8) is 0 Å². The first kappa shape index (κ1) is 22.1. The van der Waals surface area contributed by atoms with Crippen molar-refractivity contribution in [2.45, 2.75) is 31.5 Å². The number of hydrogen-bond donors (Lipinski definition) is 6. The van der Waals surface area contributed by atoms with Gasteiger partial charge in [-0.3, -0.25) is 14.4 Å². The minimum Gasteiger partial charge on any atom is -0.480 e. The Morgan fingerprint density at radius 2 is 1.71 bits per heavy atom. The van der Waals surface area contributed by atoms with E-state index in [9.17, 15) is 19.2 Å². The molecule has 3 atom stereocenters. The fourth-order valence-electron chi connectivity index (χ4n) is 1.48. The predicted molar refractivity (Wildman–Crippen MR) is 88.2 cm³/mol. The topological polar surface area (TPSA) is 171 Å². The Labute approximate surface area is 143 Å². The molecule has 0 aromatic carbocycles. The van der Waals surface area contributed by atoms with Gasteiger partial charge in [-0.05, 0) is 25.4 Å². The summed E-state index contributed by atoms with van der Waals surface area (Å²) >= 11 is 1.45. The smallest absolute Gasteiger partial charge is 0.326 e. The van der Waals surface area contributed by atoms with E-state index < -0.39 is 55.0 Å². The van der Waals surface area contributed by atoms with Gasteiger partial charge in [-0.25, -0.2) is 4.79 Å². The van der Waals surface area contributed by atoms with Gasteiger partial charge in [-0.2, -0.15) is 11.8 Å². The van der Waals surface area contributed by atoms with Gasteiger partial charge in [0, 0.05) is 0 Å². The summed E-state index contributed by atoms with van der Waals surface area (Å²) in [6, 6.07) is -2.18. The summed E-state index contributed by atoms with van der Waals surface area (Å²) in [7, 11) is 0. The summed E-state index contributed by atoms with van der Waals surface area (Å²) in [6.07, 6.45) is 1.02. The normalized spacial score (nSPS) is 14.2. The SMILES string of the molecule is CSCC[C@H](NC(=O)CNC(=O)CNC(=O)[C@@H](N)[C@@H](C)O)C(=O)O. The molecule has 0 aromatic heterocycles. The number of nitrogens with one attached hydrogen (secondary N) is 3. The molecule has 0 bridgehead atoms. The van der Waals surface area contributed by atoms with Gasteiger partial charge < -0.3 is 31.9 Å². The van der Waals surface area contributed by atoms with Crippen LogP contribution in [0.3, 0.4) is 0 Å². The largest absolute Gasteiger partial charge is 0.480 e. The van der Waals surface area contributed by atoms with Crippen LogP contribution in [0.2, 0.25) is 0 Å². The number of carboxylic acids is 1. The molecule has 0 rings (SSSR count). The summed E-state index contributed by atoms with van der Waals surface area (Å²) in [6.45, 7) is 0.506. The van der Waals surface area contributed by atoms with Crippen molar-refractivity contribution >= 4 is 35.5 Å². The number of carbonyl (C=O) groups excluding carboxylic acids is 3. The second-order valence-corrected chi connectivity index (χ2v) is 5.99. The third-order valence-electron chi connectivity index (χ3n) is 2.94. The molecule has 0 saturated heterocycles. The zero-order valence-electron chi connectivity index (χ0n) is 13.6. The van der Waals surface area contributed by atoms with Crippen LogP contribution in [0.5, 0.6) is 0 Å². The van der Waals surface area contributed by atoms with Gasteiger partial charge in [-0.15, -0.1) is 0 Å². The first-order valence-electron chi connectivity index (χ1n) is 7.18. The molecule has 24 heavy (non-hydrogen) atoms. The standard InChI is InChI=1S/C13H24N4O6S/c1-7(18)11(14)12(21)16-5-9(19)15-6-10(20)17-8(13(22)23)3-4-24-2/h7-8,11,18H,3-6,14H2,1-2H3,(H,15,19)(H,16,21)(H,17,20)(H,22,23)/t7-,8+,11+/m1/s1. The molecule has 0 aliphatic rings. The van der Waals surface area contributed by atoms with Gasteiger partial charge in [0.1, 0.15) is 12.1 Å². The Balaban J connectivity index is 4.14. The molecule has 138 valence electrons. The van der Waals surface area contributed by atoms with Crippen molar-refractivity contribution in [3.8, 4) is 0 Å². The van der Waals surface area contributed by atoms with Gasteiger partial charge >= 0.3 is 5.97 Å². The van der Waals surface area contributed by atoms with Gasteiger partial charge in [0.25, 0.3) is 0 Å². The average Bonchev–Trinajstić information content (AvgIpc) is 2.53. The number of nitrogens with two attached hydrogens (primary N) is 1. The van der Waals surface area contributed by atoms with Crippen LogP contribution in [0.25, 0.3) is 0 Å². The number of aliphatic hydroxyl groups is 1. The lowest BCUT2D eigenvalue weighted by atomic mass is 10.2. The average molecular weight is 364 g/mol. The van der Waals surface area contributed by atoms with Crippen LogP contribution in [0.15, 0.2) is 0 Å². The Morgan fingerprint density at radius 1 is 1.12 bits per heavy atom. The van der Waals surface area contributed by atoms with Gasteiger partial charge in [-0.1, -0.05) is 0 Å². The van der Waals surface area contributed by atoms with Crippen molar-refractivity contribution in [2.24, 2.45) is 5.73 Å². The minimum atomic E-state index is -1.16. The second kappa shape index (κ2) is 11.6. The molecule has 0 fully saturated rings. The van der Waals surface area contributed by atoms with Crippen LogP contribution < -0.4 is 21.7 Å². The molecule has 0 spiro atoms. The number of aliphatic hydroxyl groups excluding tert-OH is 1. The molecule has 10 nitrogen and oxygen atoms in total.